The molecule has 0 N–H and O–H groups in total. The fraction of sp³-hybridized carbons (Fsp3) is 0.125. The molecule has 0 bridgehead atoms. The summed E-state index contributed by atoms with van der Waals surface area (Å²) in [7, 11) is -8.82. The fourth-order valence-corrected chi connectivity index (χ4v) is 17.9. The van der Waals surface area contributed by atoms with Gasteiger partial charge in [0.1, 0.15) is 0 Å². The number of benzene rings is 6. The number of rotatable bonds is 15. The van der Waals surface area contributed by atoms with Gasteiger partial charge in [0.15, 0.2) is 0 Å². The van der Waals surface area contributed by atoms with Crippen LogP contribution in [0.4, 0.5) is 0 Å². The van der Waals surface area contributed by atoms with Crippen molar-refractivity contribution in [3.63, 3.8) is 0 Å². The van der Waals surface area contributed by atoms with E-state index < -0.39 is 25.0 Å². The SMILES string of the molecule is C=C[Si](OC1CCC(O[Si](C=C)(c2ccccc2)c2ccccc2)C(O[Si](C=C)(c2ccccc2)c2ccccc2)C1)(c1ccccc1)c1ccccc1. The molecule has 0 radical (unpaired) electrons. The summed E-state index contributed by atoms with van der Waals surface area (Å²) in [4.78, 5) is 0. The van der Waals surface area contributed by atoms with Crippen LogP contribution in [0, 0.1) is 0 Å². The summed E-state index contributed by atoms with van der Waals surface area (Å²) in [6, 6.07) is 63.8. The predicted molar refractivity (Wildman–Crippen MR) is 233 cm³/mol. The average Bonchev–Trinajstić information content (AvgIpc) is 3.26. The molecule has 1 fully saturated rings. The van der Waals surface area contributed by atoms with Crippen LogP contribution in [0.15, 0.2) is 219 Å². The monoisotopic (exact) mass is 756 g/mol. The van der Waals surface area contributed by atoms with E-state index in [9.17, 15) is 0 Å². The van der Waals surface area contributed by atoms with Gasteiger partial charge in [0.2, 0.25) is 0 Å². The van der Waals surface area contributed by atoms with Crippen LogP contribution < -0.4 is 31.1 Å². The lowest BCUT2D eigenvalue weighted by Crippen LogP contribution is -2.67. The van der Waals surface area contributed by atoms with Gasteiger partial charge in [0.25, 0.3) is 25.0 Å². The molecule has 0 aromatic heterocycles. The lowest BCUT2D eigenvalue weighted by molar-refractivity contribution is -0.0219. The van der Waals surface area contributed by atoms with Crippen molar-refractivity contribution < 1.29 is 13.3 Å². The predicted octanol–water partition coefficient (Wildman–Crippen LogP) is 6.78. The lowest BCUT2D eigenvalue weighted by atomic mass is 9.93. The molecule has 0 spiro atoms. The molecule has 1 aliphatic rings. The first kappa shape index (κ1) is 37.4. The highest BCUT2D eigenvalue weighted by Gasteiger charge is 2.49. The Balaban J connectivity index is 1.34. The lowest BCUT2D eigenvalue weighted by Gasteiger charge is -2.46. The minimum atomic E-state index is -3.01. The molecule has 6 aromatic rings. The Morgan fingerprint density at radius 1 is 0.352 bits per heavy atom. The molecular weight excluding hydrogens is 709 g/mol. The Kier molecular flexibility index (Phi) is 11.8. The minimum Gasteiger partial charge on any atom is -0.401 e. The van der Waals surface area contributed by atoms with Crippen LogP contribution in [0.5, 0.6) is 0 Å². The third-order valence-electron chi connectivity index (χ3n) is 10.8. The van der Waals surface area contributed by atoms with E-state index in [1.165, 1.54) is 10.4 Å². The zero-order valence-electron chi connectivity index (χ0n) is 30.8. The molecule has 1 aliphatic carbocycles. The van der Waals surface area contributed by atoms with Crippen molar-refractivity contribution in [2.45, 2.75) is 37.6 Å². The van der Waals surface area contributed by atoms with Crippen LogP contribution in [0.25, 0.3) is 0 Å². The maximum atomic E-state index is 7.76. The van der Waals surface area contributed by atoms with E-state index in [1.807, 2.05) is 0 Å². The van der Waals surface area contributed by atoms with Crippen molar-refractivity contribution >= 4 is 56.1 Å². The fourth-order valence-electron chi connectivity index (χ4n) is 8.05. The molecule has 0 aliphatic heterocycles. The Morgan fingerprint density at radius 3 is 0.889 bits per heavy atom. The van der Waals surface area contributed by atoms with Crippen LogP contribution in [-0.2, 0) is 13.3 Å². The number of hydrogen-bond donors (Lipinski definition) is 0. The summed E-state index contributed by atoms with van der Waals surface area (Å²) in [5.74, 6) is 0. The molecule has 3 atom stereocenters. The second-order valence-corrected chi connectivity index (χ2v) is 23.7. The van der Waals surface area contributed by atoms with Gasteiger partial charge >= 0.3 is 0 Å². The third kappa shape index (κ3) is 7.42. The van der Waals surface area contributed by atoms with E-state index in [4.69, 9.17) is 13.3 Å². The molecule has 0 amide bonds. The molecule has 7 rings (SSSR count). The summed E-state index contributed by atoms with van der Waals surface area (Å²) in [6.07, 6.45) is 1.58. The molecule has 6 heteroatoms. The maximum Gasteiger partial charge on any atom is 0.280 e. The van der Waals surface area contributed by atoms with Gasteiger partial charge in [0, 0.05) is 6.10 Å². The van der Waals surface area contributed by atoms with Crippen molar-refractivity contribution in [2.24, 2.45) is 0 Å². The third-order valence-corrected chi connectivity index (χ3v) is 21.7. The molecule has 6 aromatic carbocycles. The van der Waals surface area contributed by atoms with Crippen molar-refractivity contribution in [3.05, 3.63) is 219 Å². The van der Waals surface area contributed by atoms with E-state index in [-0.39, 0.29) is 18.3 Å². The van der Waals surface area contributed by atoms with Crippen LogP contribution in [0.1, 0.15) is 19.3 Å². The Morgan fingerprint density at radius 2 is 0.611 bits per heavy atom. The Bertz CT molecular complexity index is 1980. The van der Waals surface area contributed by atoms with E-state index in [0.717, 1.165) is 33.6 Å². The largest absolute Gasteiger partial charge is 0.401 e. The molecule has 270 valence electrons. The molecule has 54 heavy (non-hydrogen) atoms. The summed E-state index contributed by atoms with van der Waals surface area (Å²) >= 11 is 0. The highest BCUT2D eigenvalue weighted by atomic mass is 28.4. The second kappa shape index (κ2) is 17.0. The van der Waals surface area contributed by atoms with Crippen molar-refractivity contribution in [1.82, 2.24) is 0 Å². The first-order valence-corrected chi connectivity index (χ1v) is 24.8. The normalized spacial score (nSPS) is 17.7. The van der Waals surface area contributed by atoms with Crippen LogP contribution in [0.2, 0.25) is 0 Å². The van der Waals surface area contributed by atoms with Crippen LogP contribution in [0.3, 0.4) is 0 Å². The summed E-state index contributed by atoms with van der Waals surface area (Å²) < 4.78 is 23.0. The van der Waals surface area contributed by atoms with Crippen LogP contribution in [-0.4, -0.2) is 43.3 Å². The van der Waals surface area contributed by atoms with Gasteiger partial charge in [-0.15, -0.1) is 19.7 Å². The van der Waals surface area contributed by atoms with E-state index in [1.54, 1.807) is 0 Å². The van der Waals surface area contributed by atoms with Crippen molar-refractivity contribution in [3.8, 4) is 0 Å². The van der Waals surface area contributed by atoms with Crippen molar-refractivity contribution in [2.75, 3.05) is 0 Å². The van der Waals surface area contributed by atoms with Gasteiger partial charge in [-0.3, -0.25) is 0 Å². The van der Waals surface area contributed by atoms with E-state index in [0.29, 0.717) is 6.42 Å². The Hall–Kier alpha value is -4.93. The summed E-state index contributed by atoms with van der Waals surface area (Å²) in [5, 5.41) is 6.97. The molecule has 0 heterocycles. The zero-order valence-corrected chi connectivity index (χ0v) is 33.8. The second-order valence-electron chi connectivity index (χ2n) is 13.9. The zero-order chi connectivity index (χ0) is 37.3. The van der Waals surface area contributed by atoms with Gasteiger partial charge in [0.05, 0.1) is 12.2 Å². The minimum absolute atomic E-state index is 0.101. The van der Waals surface area contributed by atoms with Gasteiger partial charge in [-0.25, -0.2) is 0 Å². The quantitative estimate of drug-likeness (QED) is 0.108. The average molecular weight is 757 g/mol. The molecule has 0 saturated heterocycles. The summed E-state index contributed by atoms with van der Waals surface area (Å²) in [6.45, 7) is 13.4. The van der Waals surface area contributed by atoms with Crippen LogP contribution >= 0.6 is 0 Å². The van der Waals surface area contributed by atoms with E-state index in [2.05, 4.69) is 219 Å². The van der Waals surface area contributed by atoms with Gasteiger partial charge in [-0.05, 0) is 50.4 Å². The Labute approximate surface area is 324 Å². The van der Waals surface area contributed by atoms with E-state index >= 15 is 0 Å². The highest BCUT2D eigenvalue weighted by Crippen LogP contribution is 2.33. The molecule has 3 unspecified atom stereocenters. The highest BCUT2D eigenvalue weighted by molar-refractivity contribution is 7.02. The summed E-state index contributed by atoms with van der Waals surface area (Å²) in [5.41, 5.74) is 6.26. The van der Waals surface area contributed by atoms with Gasteiger partial charge < -0.3 is 13.3 Å². The molecular formula is C48H48O3Si3. The standard InChI is InChI=1S/C48H48O3Si3/c1-4-52(41-25-13-7-14-26-41,42-27-15-8-16-28-42)49-40-37-38-47(50-53(5-2,43-29-17-9-18-30-43)44-31-19-10-20-32-44)48(39-40)51-54(6-3,45-33-21-11-22-34-45)46-35-23-12-24-36-46/h4-36,40,47-48H,1-3,37-39H2. The van der Waals surface area contributed by atoms with Crippen molar-refractivity contribution in [1.29, 1.82) is 0 Å². The van der Waals surface area contributed by atoms with Gasteiger partial charge in [-0.1, -0.05) is 199 Å². The molecule has 1 saturated carbocycles. The van der Waals surface area contributed by atoms with Gasteiger partial charge in [-0.2, -0.15) is 0 Å². The topological polar surface area (TPSA) is 27.7 Å². The first-order valence-electron chi connectivity index (χ1n) is 18.8. The number of hydrogen-bond acceptors (Lipinski definition) is 3. The maximum absolute atomic E-state index is 7.76. The first-order chi connectivity index (χ1) is 26.6. The smallest absolute Gasteiger partial charge is 0.280 e. The molecule has 3 nitrogen and oxygen atoms in total.